The highest BCUT2D eigenvalue weighted by Crippen LogP contribution is 2.02. The second-order valence-electron chi connectivity index (χ2n) is 3.18. The number of aryl methyl sites for hydroxylation is 1. The molecule has 1 atom stereocenters. The first kappa shape index (κ1) is 11.1. The van der Waals surface area contributed by atoms with Crippen LogP contribution in [0.15, 0.2) is 12.3 Å². The van der Waals surface area contributed by atoms with E-state index in [1.165, 1.54) is 0 Å². The Kier molecular flexibility index (Phi) is 4.52. The molecule has 1 rings (SSSR count). The van der Waals surface area contributed by atoms with E-state index in [9.17, 15) is 4.21 Å². The number of rotatable bonds is 5. The zero-order chi connectivity index (χ0) is 10.4. The average molecular weight is 213 g/mol. The van der Waals surface area contributed by atoms with Crippen LogP contribution in [0.2, 0.25) is 0 Å². The molecule has 0 aliphatic heterocycles. The van der Waals surface area contributed by atoms with Crippen molar-refractivity contribution in [2.75, 3.05) is 23.9 Å². The predicted molar refractivity (Wildman–Crippen MR) is 58.8 cm³/mol. The first-order valence-corrected chi connectivity index (χ1v) is 6.24. The third-order valence-corrected chi connectivity index (χ3v) is 2.57. The van der Waals surface area contributed by atoms with Gasteiger partial charge in [0.2, 0.25) is 0 Å². The molecule has 1 heterocycles. The SMILES string of the molecule is Cc1cnnc(NCCCS(C)=O)c1. The van der Waals surface area contributed by atoms with Crippen LogP contribution in [0, 0.1) is 6.92 Å². The van der Waals surface area contributed by atoms with Gasteiger partial charge in [0, 0.05) is 29.4 Å². The van der Waals surface area contributed by atoms with Crippen molar-refractivity contribution < 1.29 is 4.21 Å². The van der Waals surface area contributed by atoms with Crippen LogP contribution < -0.4 is 5.32 Å². The second kappa shape index (κ2) is 5.70. The van der Waals surface area contributed by atoms with Crippen molar-refractivity contribution in [1.29, 1.82) is 0 Å². The summed E-state index contributed by atoms with van der Waals surface area (Å²) in [4.78, 5) is 0. The van der Waals surface area contributed by atoms with Gasteiger partial charge in [0.25, 0.3) is 0 Å². The minimum Gasteiger partial charge on any atom is -0.369 e. The Labute approximate surface area is 86.6 Å². The maximum atomic E-state index is 10.8. The van der Waals surface area contributed by atoms with Crippen LogP contribution in [0.5, 0.6) is 0 Å². The Bertz CT molecular complexity index is 317. The summed E-state index contributed by atoms with van der Waals surface area (Å²) in [6.45, 7) is 2.76. The molecule has 0 saturated carbocycles. The van der Waals surface area contributed by atoms with Gasteiger partial charge < -0.3 is 5.32 Å². The summed E-state index contributed by atoms with van der Waals surface area (Å²) in [5.74, 6) is 1.51. The van der Waals surface area contributed by atoms with Crippen molar-refractivity contribution >= 4 is 16.6 Å². The Hall–Kier alpha value is -0.970. The molecule has 4 nitrogen and oxygen atoms in total. The van der Waals surface area contributed by atoms with Gasteiger partial charge >= 0.3 is 0 Å². The lowest BCUT2D eigenvalue weighted by Crippen LogP contribution is -2.07. The Morgan fingerprint density at radius 3 is 3.00 bits per heavy atom. The molecule has 0 aliphatic carbocycles. The first-order valence-electron chi connectivity index (χ1n) is 4.51. The lowest BCUT2D eigenvalue weighted by Gasteiger charge is -2.03. The van der Waals surface area contributed by atoms with Gasteiger partial charge in [-0.15, -0.1) is 5.10 Å². The fraction of sp³-hybridized carbons (Fsp3) is 0.556. The van der Waals surface area contributed by atoms with E-state index in [1.807, 2.05) is 13.0 Å². The number of nitrogens with one attached hydrogen (secondary N) is 1. The Morgan fingerprint density at radius 1 is 1.57 bits per heavy atom. The highest BCUT2D eigenvalue weighted by molar-refractivity contribution is 7.84. The molecule has 5 heteroatoms. The number of anilines is 1. The van der Waals surface area contributed by atoms with E-state index in [0.29, 0.717) is 0 Å². The molecule has 0 radical (unpaired) electrons. The lowest BCUT2D eigenvalue weighted by molar-refractivity contribution is 0.685. The van der Waals surface area contributed by atoms with Crippen molar-refractivity contribution in [1.82, 2.24) is 10.2 Å². The van der Waals surface area contributed by atoms with Gasteiger partial charge in [-0.2, -0.15) is 5.10 Å². The molecule has 14 heavy (non-hydrogen) atoms. The molecule has 1 aromatic heterocycles. The largest absolute Gasteiger partial charge is 0.369 e. The fourth-order valence-electron chi connectivity index (χ4n) is 1.04. The molecule has 78 valence electrons. The summed E-state index contributed by atoms with van der Waals surface area (Å²) in [7, 11) is -0.704. The molecular formula is C9H15N3OS. The van der Waals surface area contributed by atoms with Gasteiger partial charge in [-0.25, -0.2) is 0 Å². The molecule has 1 unspecified atom stereocenters. The van der Waals surface area contributed by atoms with Crippen LogP contribution in [-0.2, 0) is 10.8 Å². The zero-order valence-corrected chi connectivity index (χ0v) is 9.30. The van der Waals surface area contributed by atoms with Crippen LogP contribution >= 0.6 is 0 Å². The van der Waals surface area contributed by atoms with Crippen LogP contribution in [0.25, 0.3) is 0 Å². The lowest BCUT2D eigenvalue weighted by atomic mass is 10.3. The van der Waals surface area contributed by atoms with Crippen LogP contribution in [0.1, 0.15) is 12.0 Å². The molecule has 0 aliphatic rings. The van der Waals surface area contributed by atoms with Gasteiger partial charge in [-0.1, -0.05) is 0 Å². The normalized spacial score (nSPS) is 12.4. The quantitative estimate of drug-likeness (QED) is 0.740. The van der Waals surface area contributed by atoms with Gasteiger partial charge in [-0.3, -0.25) is 4.21 Å². The van der Waals surface area contributed by atoms with Crippen molar-refractivity contribution in [3.8, 4) is 0 Å². The van der Waals surface area contributed by atoms with E-state index in [-0.39, 0.29) is 0 Å². The van der Waals surface area contributed by atoms with Gasteiger partial charge in [0.15, 0.2) is 0 Å². The van der Waals surface area contributed by atoms with E-state index < -0.39 is 10.8 Å². The standard InChI is InChI=1S/C9H15N3OS/c1-8-6-9(12-11-7-8)10-4-3-5-14(2)13/h6-7H,3-5H2,1-2H3,(H,10,12). The van der Waals surface area contributed by atoms with E-state index in [4.69, 9.17) is 0 Å². The molecule has 0 amide bonds. The first-order chi connectivity index (χ1) is 6.68. The third kappa shape index (κ3) is 4.32. The van der Waals surface area contributed by atoms with Gasteiger partial charge in [0.05, 0.1) is 6.20 Å². The summed E-state index contributed by atoms with van der Waals surface area (Å²) in [5, 5.41) is 10.9. The molecule has 0 bridgehead atoms. The molecular weight excluding hydrogens is 198 g/mol. The topological polar surface area (TPSA) is 54.9 Å². The molecule has 1 aromatic rings. The highest BCUT2D eigenvalue weighted by atomic mass is 32.2. The zero-order valence-electron chi connectivity index (χ0n) is 8.49. The van der Waals surface area contributed by atoms with Gasteiger partial charge in [-0.05, 0) is 25.0 Å². The molecule has 0 aromatic carbocycles. The summed E-state index contributed by atoms with van der Waals surface area (Å²) >= 11 is 0. The third-order valence-electron chi connectivity index (χ3n) is 1.71. The minimum absolute atomic E-state index is 0.704. The van der Waals surface area contributed by atoms with E-state index >= 15 is 0 Å². The smallest absolute Gasteiger partial charge is 0.148 e. The molecule has 1 N–H and O–H groups in total. The maximum Gasteiger partial charge on any atom is 0.148 e. The fourth-order valence-corrected chi connectivity index (χ4v) is 1.59. The summed E-state index contributed by atoms with van der Waals surface area (Å²) < 4.78 is 10.8. The molecule has 0 spiro atoms. The Morgan fingerprint density at radius 2 is 2.36 bits per heavy atom. The van der Waals surface area contributed by atoms with E-state index in [1.54, 1.807) is 12.5 Å². The van der Waals surface area contributed by atoms with Gasteiger partial charge in [0.1, 0.15) is 5.82 Å². The Balaban J connectivity index is 2.28. The van der Waals surface area contributed by atoms with Crippen molar-refractivity contribution in [2.24, 2.45) is 0 Å². The molecule has 0 fully saturated rings. The summed E-state index contributed by atoms with van der Waals surface area (Å²) in [6, 6.07) is 1.94. The van der Waals surface area contributed by atoms with E-state index in [2.05, 4.69) is 15.5 Å². The van der Waals surface area contributed by atoms with Crippen LogP contribution in [-0.4, -0.2) is 33.0 Å². The summed E-state index contributed by atoms with van der Waals surface area (Å²) in [5.41, 5.74) is 1.08. The van der Waals surface area contributed by atoms with Crippen molar-refractivity contribution in [3.63, 3.8) is 0 Å². The second-order valence-corrected chi connectivity index (χ2v) is 4.73. The van der Waals surface area contributed by atoms with E-state index in [0.717, 1.165) is 30.1 Å². The van der Waals surface area contributed by atoms with Crippen molar-refractivity contribution in [2.45, 2.75) is 13.3 Å². The van der Waals surface area contributed by atoms with Crippen LogP contribution in [0.3, 0.4) is 0 Å². The van der Waals surface area contributed by atoms with Crippen LogP contribution in [0.4, 0.5) is 5.82 Å². The number of aromatic nitrogens is 2. The monoisotopic (exact) mass is 213 g/mol. The van der Waals surface area contributed by atoms with Crippen molar-refractivity contribution in [3.05, 3.63) is 17.8 Å². The number of hydrogen-bond donors (Lipinski definition) is 1. The predicted octanol–water partition coefficient (Wildman–Crippen LogP) is 0.966. The maximum absolute atomic E-state index is 10.8. The average Bonchev–Trinajstić information content (AvgIpc) is 2.12. The highest BCUT2D eigenvalue weighted by Gasteiger charge is 1.95. The molecule has 0 saturated heterocycles. The minimum atomic E-state index is -0.704. The number of nitrogens with zero attached hydrogens (tertiary/aromatic N) is 2. The number of hydrogen-bond acceptors (Lipinski definition) is 4. The summed E-state index contributed by atoms with van der Waals surface area (Å²) in [6.07, 6.45) is 4.32.